The van der Waals surface area contributed by atoms with Crippen LogP contribution in [-0.2, 0) is 0 Å². The molecule has 0 radical (unpaired) electrons. The van der Waals surface area contributed by atoms with Crippen molar-refractivity contribution in [3.63, 3.8) is 0 Å². The van der Waals surface area contributed by atoms with E-state index in [1.807, 2.05) is 43.3 Å². The first-order valence-electron chi connectivity index (χ1n) is 4.91. The standard InChI is InChI=1S/C12H12N2O/c1-2-15-11-8-9-13-14-12(11)10-6-4-3-5-7-10/h3-9H,2H2,1H3. The Morgan fingerprint density at radius 3 is 2.67 bits per heavy atom. The molecule has 0 saturated heterocycles. The average molecular weight is 200 g/mol. The van der Waals surface area contributed by atoms with Gasteiger partial charge in [-0.25, -0.2) is 0 Å². The van der Waals surface area contributed by atoms with Gasteiger partial charge in [0.05, 0.1) is 12.8 Å². The third-order valence-corrected chi connectivity index (χ3v) is 2.03. The van der Waals surface area contributed by atoms with Gasteiger partial charge in [0.1, 0.15) is 11.4 Å². The van der Waals surface area contributed by atoms with Crippen LogP contribution >= 0.6 is 0 Å². The fraction of sp³-hybridized carbons (Fsp3) is 0.167. The van der Waals surface area contributed by atoms with Gasteiger partial charge in [-0.15, -0.1) is 5.10 Å². The van der Waals surface area contributed by atoms with E-state index in [2.05, 4.69) is 10.2 Å². The number of rotatable bonds is 3. The highest BCUT2D eigenvalue weighted by atomic mass is 16.5. The van der Waals surface area contributed by atoms with Crippen LogP contribution in [0.1, 0.15) is 6.92 Å². The van der Waals surface area contributed by atoms with Gasteiger partial charge in [0, 0.05) is 11.6 Å². The van der Waals surface area contributed by atoms with Gasteiger partial charge in [-0.3, -0.25) is 0 Å². The first-order valence-corrected chi connectivity index (χ1v) is 4.91. The maximum atomic E-state index is 5.49. The molecule has 0 spiro atoms. The molecule has 76 valence electrons. The highest BCUT2D eigenvalue weighted by Gasteiger charge is 2.06. The number of benzene rings is 1. The molecule has 3 heteroatoms. The predicted molar refractivity (Wildman–Crippen MR) is 58.6 cm³/mol. The van der Waals surface area contributed by atoms with Gasteiger partial charge < -0.3 is 4.74 Å². The number of nitrogens with zero attached hydrogens (tertiary/aromatic N) is 2. The van der Waals surface area contributed by atoms with Crippen molar-refractivity contribution in [3.8, 4) is 17.0 Å². The van der Waals surface area contributed by atoms with E-state index in [0.29, 0.717) is 6.61 Å². The predicted octanol–water partition coefficient (Wildman–Crippen LogP) is 2.54. The number of hydrogen-bond donors (Lipinski definition) is 0. The Balaban J connectivity index is 2.43. The normalized spacial score (nSPS) is 9.93. The largest absolute Gasteiger partial charge is 0.491 e. The number of hydrogen-bond acceptors (Lipinski definition) is 3. The fourth-order valence-corrected chi connectivity index (χ4v) is 1.39. The maximum absolute atomic E-state index is 5.49. The van der Waals surface area contributed by atoms with Crippen LogP contribution in [0.4, 0.5) is 0 Å². The van der Waals surface area contributed by atoms with E-state index in [9.17, 15) is 0 Å². The van der Waals surface area contributed by atoms with Crippen LogP contribution in [0.25, 0.3) is 11.3 Å². The molecule has 0 bridgehead atoms. The quantitative estimate of drug-likeness (QED) is 0.763. The van der Waals surface area contributed by atoms with Crippen molar-refractivity contribution >= 4 is 0 Å². The minimum Gasteiger partial charge on any atom is -0.491 e. The zero-order valence-corrected chi connectivity index (χ0v) is 8.55. The van der Waals surface area contributed by atoms with E-state index >= 15 is 0 Å². The SMILES string of the molecule is CCOc1ccnnc1-c1ccccc1. The highest BCUT2D eigenvalue weighted by Crippen LogP contribution is 2.26. The van der Waals surface area contributed by atoms with E-state index in [0.717, 1.165) is 17.0 Å². The van der Waals surface area contributed by atoms with Crippen molar-refractivity contribution in [3.05, 3.63) is 42.6 Å². The van der Waals surface area contributed by atoms with Crippen LogP contribution in [0.5, 0.6) is 5.75 Å². The summed E-state index contributed by atoms with van der Waals surface area (Å²) in [4.78, 5) is 0. The second kappa shape index (κ2) is 4.55. The van der Waals surface area contributed by atoms with Crippen molar-refractivity contribution in [2.75, 3.05) is 6.61 Å². The molecule has 1 heterocycles. The van der Waals surface area contributed by atoms with E-state index in [1.165, 1.54) is 0 Å². The van der Waals surface area contributed by atoms with E-state index in [-0.39, 0.29) is 0 Å². The number of ether oxygens (including phenoxy) is 1. The first kappa shape index (κ1) is 9.65. The summed E-state index contributed by atoms with van der Waals surface area (Å²) in [6, 6.07) is 11.7. The Morgan fingerprint density at radius 1 is 1.13 bits per heavy atom. The zero-order valence-electron chi connectivity index (χ0n) is 8.55. The molecule has 3 nitrogen and oxygen atoms in total. The second-order valence-corrected chi connectivity index (χ2v) is 3.04. The van der Waals surface area contributed by atoms with E-state index in [1.54, 1.807) is 6.20 Å². The van der Waals surface area contributed by atoms with Crippen LogP contribution in [0.2, 0.25) is 0 Å². The molecule has 0 atom stereocenters. The summed E-state index contributed by atoms with van der Waals surface area (Å²) in [6.45, 7) is 2.58. The molecule has 0 aliphatic carbocycles. The Morgan fingerprint density at radius 2 is 1.93 bits per heavy atom. The minimum absolute atomic E-state index is 0.630. The van der Waals surface area contributed by atoms with E-state index < -0.39 is 0 Å². The van der Waals surface area contributed by atoms with Crippen LogP contribution < -0.4 is 4.74 Å². The molecule has 0 N–H and O–H groups in total. The van der Waals surface area contributed by atoms with Gasteiger partial charge in [-0.05, 0) is 6.92 Å². The molecule has 0 amide bonds. The average Bonchev–Trinajstić information content (AvgIpc) is 2.31. The number of aromatic nitrogens is 2. The molecule has 15 heavy (non-hydrogen) atoms. The smallest absolute Gasteiger partial charge is 0.149 e. The summed E-state index contributed by atoms with van der Waals surface area (Å²) in [5.74, 6) is 0.777. The summed E-state index contributed by atoms with van der Waals surface area (Å²) in [7, 11) is 0. The lowest BCUT2D eigenvalue weighted by Gasteiger charge is -2.07. The molecule has 2 rings (SSSR count). The molecule has 0 unspecified atom stereocenters. The minimum atomic E-state index is 0.630. The summed E-state index contributed by atoms with van der Waals surface area (Å²) in [5, 5.41) is 7.97. The molecule has 0 fully saturated rings. The van der Waals surface area contributed by atoms with Crippen LogP contribution in [0.15, 0.2) is 42.6 Å². The van der Waals surface area contributed by atoms with Gasteiger partial charge in [0.25, 0.3) is 0 Å². The third kappa shape index (κ3) is 2.13. The Labute approximate surface area is 88.7 Å². The first-order chi connectivity index (χ1) is 7.42. The van der Waals surface area contributed by atoms with Crippen LogP contribution in [0.3, 0.4) is 0 Å². The van der Waals surface area contributed by atoms with Crippen LogP contribution in [-0.4, -0.2) is 16.8 Å². The van der Waals surface area contributed by atoms with E-state index in [4.69, 9.17) is 4.74 Å². The molecular weight excluding hydrogens is 188 g/mol. The Hall–Kier alpha value is -1.90. The van der Waals surface area contributed by atoms with Gasteiger partial charge in [0.2, 0.25) is 0 Å². The van der Waals surface area contributed by atoms with Gasteiger partial charge in [-0.2, -0.15) is 5.10 Å². The second-order valence-electron chi connectivity index (χ2n) is 3.04. The van der Waals surface area contributed by atoms with Gasteiger partial charge in [-0.1, -0.05) is 30.3 Å². The third-order valence-electron chi connectivity index (χ3n) is 2.03. The maximum Gasteiger partial charge on any atom is 0.149 e. The summed E-state index contributed by atoms with van der Waals surface area (Å²) in [6.07, 6.45) is 1.64. The molecule has 0 aliphatic heterocycles. The molecule has 1 aromatic carbocycles. The molecular formula is C12H12N2O. The summed E-state index contributed by atoms with van der Waals surface area (Å²) >= 11 is 0. The van der Waals surface area contributed by atoms with Gasteiger partial charge >= 0.3 is 0 Å². The van der Waals surface area contributed by atoms with Crippen molar-refractivity contribution < 1.29 is 4.74 Å². The lowest BCUT2D eigenvalue weighted by atomic mass is 10.1. The fourth-order valence-electron chi connectivity index (χ4n) is 1.39. The Bertz CT molecular complexity index is 429. The topological polar surface area (TPSA) is 35.0 Å². The molecule has 0 saturated carbocycles. The molecule has 2 aromatic rings. The monoisotopic (exact) mass is 200 g/mol. The van der Waals surface area contributed by atoms with Crippen molar-refractivity contribution in [2.24, 2.45) is 0 Å². The Kier molecular flexibility index (Phi) is 2.93. The van der Waals surface area contributed by atoms with Gasteiger partial charge in [0.15, 0.2) is 0 Å². The van der Waals surface area contributed by atoms with Crippen LogP contribution in [0, 0.1) is 0 Å². The molecule has 1 aromatic heterocycles. The lowest BCUT2D eigenvalue weighted by molar-refractivity contribution is 0.339. The van der Waals surface area contributed by atoms with Crippen molar-refractivity contribution in [2.45, 2.75) is 6.92 Å². The van der Waals surface area contributed by atoms with Crippen molar-refractivity contribution in [1.29, 1.82) is 0 Å². The lowest BCUT2D eigenvalue weighted by Crippen LogP contribution is -1.97. The summed E-state index contributed by atoms with van der Waals surface area (Å²) < 4.78 is 5.49. The van der Waals surface area contributed by atoms with Crippen molar-refractivity contribution in [1.82, 2.24) is 10.2 Å². The zero-order chi connectivity index (χ0) is 10.5. The molecule has 0 aliphatic rings. The summed E-state index contributed by atoms with van der Waals surface area (Å²) in [5.41, 5.74) is 1.81. The highest BCUT2D eigenvalue weighted by molar-refractivity contribution is 5.65.